The lowest BCUT2D eigenvalue weighted by molar-refractivity contribution is -0.122. The Morgan fingerprint density at radius 1 is 1.33 bits per heavy atom. The predicted molar refractivity (Wildman–Crippen MR) is 54.3 cm³/mol. The van der Waals surface area contributed by atoms with E-state index in [0.29, 0.717) is 12.2 Å². The van der Waals surface area contributed by atoms with Crippen LogP contribution in [-0.2, 0) is 11.2 Å². The van der Waals surface area contributed by atoms with Crippen LogP contribution in [0.25, 0.3) is 0 Å². The summed E-state index contributed by atoms with van der Waals surface area (Å²) in [6.07, 6.45) is 5.80. The van der Waals surface area contributed by atoms with Gasteiger partial charge in [-0.3, -0.25) is 4.79 Å². The molecule has 4 nitrogen and oxygen atoms in total. The molecule has 0 spiro atoms. The molecule has 2 rings (SSSR count). The highest BCUT2D eigenvalue weighted by atomic mass is 16.6. The first-order chi connectivity index (χ1) is 7.27. The first-order valence-corrected chi connectivity index (χ1v) is 5.58. The number of Topliss-reactive ketones (excluding diaryl/α,β-unsaturated/α-hetero) is 1. The van der Waals surface area contributed by atoms with Gasteiger partial charge in [-0.1, -0.05) is 23.2 Å². The van der Waals surface area contributed by atoms with Crippen LogP contribution in [0.2, 0.25) is 0 Å². The van der Waals surface area contributed by atoms with E-state index in [1.165, 1.54) is 6.42 Å². The van der Waals surface area contributed by atoms with Crippen LogP contribution in [0, 0.1) is 12.8 Å². The number of nitrogens with zero attached hydrogens (tertiary/aromatic N) is 2. The molecule has 0 amide bonds. The molecule has 1 aliphatic rings. The second kappa shape index (κ2) is 4.55. The van der Waals surface area contributed by atoms with Gasteiger partial charge < -0.3 is 0 Å². The van der Waals surface area contributed by atoms with Crippen molar-refractivity contribution in [3.8, 4) is 0 Å². The van der Waals surface area contributed by atoms with E-state index in [9.17, 15) is 4.79 Å². The molecule has 0 saturated heterocycles. The summed E-state index contributed by atoms with van der Waals surface area (Å²) in [5.41, 5.74) is 1.65. The highest BCUT2D eigenvalue weighted by Crippen LogP contribution is 2.23. The Kier molecular flexibility index (Phi) is 3.14. The Bertz CT molecular complexity index is 346. The summed E-state index contributed by atoms with van der Waals surface area (Å²) >= 11 is 0. The molecule has 1 aliphatic carbocycles. The van der Waals surface area contributed by atoms with Gasteiger partial charge in [0, 0.05) is 18.8 Å². The highest BCUT2D eigenvalue weighted by Gasteiger charge is 2.23. The smallest absolute Gasteiger partial charge is 0.136 e. The molecule has 0 radical (unpaired) electrons. The van der Waals surface area contributed by atoms with Crippen LogP contribution < -0.4 is 0 Å². The van der Waals surface area contributed by atoms with Crippen LogP contribution >= 0.6 is 0 Å². The SMILES string of the molecule is Cc1nonc1CC1CCCCCC1=O. The number of aromatic nitrogens is 2. The molecular formula is C11H16N2O2. The van der Waals surface area contributed by atoms with Gasteiger partial charge in [-0.05, 0) is 19.8 Å². The summed E-state index contributed by atoms with van der Waals surface area (Å²) in [7, 11) is 0. The van der Waals surface area contributed by atoms with Crippen LogP contribution in [0.4, 0.5) is 0 Å². The average Bonchev–Trinajstić information content (AvgIpc) is 2.50. The van der Waals surface area contributed by atoms with Gasteiger partial charge >= 0.3 is 0 Å². The van der Waals surface area contributed by atoms with E-state index in [0.717, 1.165) is 37.1 Å². The van der Waals surface area contributed by atoms with Crippen LogP contribution in [0.3, 0.4) is 0 Å². The molecule has 1 unspecified atom stereocenters. The Morgan fingerprint density at radius 3 is 2.93 bits per heavy atom. The maximum Gasteiger partial charge on any atom is 0.136 e. The van der Waals surface area contributed by atoms with Gasteiger partial charge in [0.1, 0.15) is 17.2 Å². The molecule has 0 aliphatic heterocycles. The fraction of sp³-hybridized carbons (Fsp3) is 0.727. The number of carbonyl (C=O) groups excluding carboxylic acids is 1. The molecule has 0 N–H and O–H groups in total. The number of carbonyl (C=O) groups is 1. The third-order valence-corrected chi connectivity index (χ3v) is 3.12. The van der Waals surface area contributed by atoms with Crippen molar-refractivity contribution in [3.63, 3.8) is 0 Å². The summed E-state index contributed by atoms with van der Waals surface area (Å²) in [5, 5.41) is 7.57. The van der Waals surface area contributed by atoms with Gasteiger partial charge in [0.2, 0.25) is 0 Å². The zero-order chi connectivity index (χ0) is 10.7. The van der Waals surface area contributed by atoms with Crippen molar-refractivity contribution >= 4 is 5.78 Å². The topological polar surface area (TPSA) is 56.0 Å². The monoisotopic (exact) mass is 208 g/mol. The molecule has 1 aromatic heterocycles. The summed E-state index contributed by atoms with van der Waals surface area (Å²) in [5.74, 6) is 0.521. The molecule has 1 fully saturated rings. The standard InChI is InChI=1S/C11H16N2O2/c1-8-10(13-15-12-8)7-9-5-3-2-4-6-11(9)14/h9H,2-7H2,1H3. The molecule has 1 atom stereocenters. The molecule has 0 bridgehead atoms. The summed E-state index contributed by atoms with van der Waals surface area (Å²) < 4.78 is 4.64. The molecule has 15 heavy (non-hydrogen) atoms. The molecule has 0 aromatic carbocycles. The fourth-order valence-corrected chi connectivity index (χ4v) is 2.12. The van der Waals surface area contributed by atoms with Crippen molar-refractivity contribution in [3.05, 3.63) is 11.4 Å². The van der Waals surface area contributed by atoms with Crippen molar-refractivity contribution in [1.29, 1.82) is 0 Å². The maximum absolute atomic E-state index is 11.8. The normalized spacial score (nSPS) is 22.7. The Balaban J connectivity index is 2.03. The van der Waals surface area contributed by atoms with Crippen LogP contribution in [0.15, 0.2) is 4.63 Å². The van der Waals surface area contributed by atoms with E-state index in [1.807, 2.05) is 6.92 Å². The van der Waals surface area contributed by atoms with E-state index in [-0.39, 0.29) is 5.92 Å². The van der Waals surface area contributed by atoms with Gasteiger partial charge in [0.05, 0.1) is 0 Å². The zero-order valence-corrected chi connectivity index (χ0v) is 9.03. The lowest BCUT2D eigenvalue weighted by Gasteiger charge is -2.10. The third-order valence-electron chi connectivity index (χ3n) is 3.12. The van der Waals surface area contributed by atoms with E-state index in [1.54, 1.807) is 0 Å². The van der Waals surface area contributed by atoms with Gasteiger partial charge in [0.25, 0.3) is 0 Å². The molecule has 1 heterocycles. The quantitative estimate of drug-likeness (QED) is 0.698. The number of hydrogen-bond donors (Lipinski definition) is 0. The predicted octanol–water partition coefficient (Wildman–Crippen LogP) is 2.07. The fourth-order valence-electron chi connectivity index (χ4n) is 2.12. The highest BCUT2D eigenvalue weighted by molar-refractivity contribution is 5.81. The van der Waals surface area contributed by atoms with Crippen molar-refractivity contribution in [2.24, 2.45) is 5.92 Å². The van der Waals surface area contributed by atoms with Gasteiger partial charge in [-0.15, -0.1) is 0 Å². The van der Waals surface area contributed by atoms with Gasteiger partial charge in [-0.2, -0.15) is 0 Å². The molecule has 82 valence electrons. The maximum atomic E-state index is 11.8. The summed E-state index contributed by atoms with van der Waals surface area (Å²) in [6.45, 7) is 1.87. The lowest BCUT2D eigenvalue weighted by Crippen LogP contribution is -2.15. The van der Waals surface area contributed by atoms with Crippen molar-refractivity contribution in [2.75, 3.05) is 0 Å². The van der Waals surface area contributed by atoms with E-state index in [2.05, 4.69) is 14.9 Å². The van der Waals surface area contributed by atoms with E-state index >= 15 is 0 Å². The number of ketones is 1. The number of hydrogen-bond acceptors (Lipinski definition) is 4. The Hall–Kier alpha value is -1.19. The molecule has 1 saturated carbocycles. The second-order valence-electron chi connectivity index (χ2n) is 4.26. The van der Waals surface area contributed by atoms with Crippen LogP contribution in [-0.4, -0.2) is 16.1 Å². The molecule has 1 aromatic rings. The van der Waals surface area contributed by atoms with Gasteiger partial charge in [-0.25, -0.2) is 4.63 Å². The molecule has 4 heteroatoms. The number of rotatable bonds is 2. The van der Waals surface area contributed by atoms with Crippen LogP contribution in [0.1, 0.15) is 43.5 Å². The zero-order valence-electron chi connectivity index (χ0n) is 9.03. The van der Waals surface area contributed by atoms with Crippen molar-refractivity contribution in [1.82, 2.24) is 10.3 Å². The largest absolute Gasteiger partial charge is 0.299 e. The number of aryl methyl sites for hydroxylation is 1. The van der Waals surface area contributed by atoms with E-state index in [4.69, 9.17) is 0 Å². The van der Waals surface area contributed by atoms with Crippen molar-refractivity contribution in [2.45, 2.75) is 45.4 Å². The minimum atomic E-state index is 0.137. The Morgan fingerprint density at radius 2 is 2.20 bits per heavy atom. The van der Waals surface area contributed by atoms with Gasteiger partial charge in [0.15, 0.2) is 0 Å². The first kappa shape index (κ1) is 10.3. The third kappa shape index (κ3) is 2.43. The van der Waals surface area contributed by atoms with Crippen LogP contribution in [0.5, 0.6) is 0 Å². The minimum Gasteiger partial charge on any atom is -0.299 e. The summed E-state index contributed by atoms with van der Waals surface area (Å²) in [4.78, 5) is 11.8. The molecular weight excluding hydrogens is 192 g/mol. The first-order valence-electron chi connectivity index (χ1n) is 5.58. The average molecular weight is 208 g/mol. The van der Waals surface area contributed by atoms with E-state index < -0.39 is 0 Å². The summed E-state index contributed by atoms with van der Waals surface area (Å²) in [6, 6.07) is 0. The van der Waals surface area contributed by atoms with Crippen molar-refractivity contribution < 1.29 is 9.42 Å². The second-order valence-corrected chi connectivity index (χ2v) is 4.26. The Labute approximate surface area is 89.0 Å². The minimum absolute atomic E-state index is 0.137. The lowest BCUT2D eigenvalue weighted by atomic mass is 9.93.